The molecule has 2 N–H and O–H groups in total. The van der Waals surface area contributed by atoms with Gasteiger partial charge in [0.2, 0.25) is 0 Å². The fraction of sp³-hybridized carbons (Fsp3) is 0.562. The van der Waals surface area contributed by atoms with Crippen molar-refractivity contribution in [2.24, 2.45) is 11.3 Å². The van der Waals surface area contributed by atoms with E-state index in [4.69, 9.17) is 4.74 Å². The summed E-state index contributed by atoms with van der Waals surface area (Å²) >= 11 is 0. The van der Waals surface area contributed by atoms with E-state index in [-0.39, 0.29) is 12.5 Å². The third-order valence-electron chi connectivity index (χ3n) is 4.61. The maximum absolute atomic E-state index is 11.8. The molecule has 0 amide bonds. The highest BCUT2D eigenvalue weighted by Gasteiger charge is 2.56. The highest BCUT2D eigenvalue weighted by Crippen LogP contribution is 2.51. The smallest absolute Gasteiger partial charge is 0.312 e. The molecule has 1 aliphatic carbocycles. The number of carboxylic acid groups (broad SMARTS) is 1. The third-order valence-corrected chi connectivity index (χ3v) is 4.61. The highest BCUT2D eigenvalue weighted by atomic mass is 16.5. The van der Waals surface area contributed by atoms with Crippen molar-refractivity contribution in [3.8, 4) is 0 Å². The van der Waals surface area contributed by atoms with Crippen LogP contribution in [0.5, 0.6) is 0 Å². The van der Waals surface area contributed by atoms with Crippen molar-refractivity contribution in [2.45, 2.75) is 37.9 Å². The molecule has 0 aromatic heterocycles. The van der Waals surface area contributed by atoms with Gasteiger partial charge in [0.05, 0.1) is 17.6 Å². The monoisotopic (exact) mass is 276 g/mol. The number of aliphatic hydroxyl groups is 1. The van der Waals surface area contributed by atoms with Gasteiger partial charge in [0.15, 0.2) is 0 Å². The first-order valence-corrected chi connectivity index (χ1v) is 7.21. The Kier molecular flexibility index (Phi) is 3.52. The lowest BCUT2D eigenvalue weighted by atomic mass is 9.73. The van der Waals surface area contributed by atoms with Crippen LogP contribution in [0.15, 0.2) is 30.3 Å². The van der Waals surface area contributed by atoms with Gasteiger partial charge in [0, 0.05) is 6.61 Å². The number of aliphatic carboxylic acids is 1. The van der Waals surface area contributed by atoms with Crippen LogP contribution in [0.3, 0.4) is 0 Å². The van der Waals surface area contributed by atoms with E-state index in [0.29, 0.717) is 18.9 Å². The molecule has 0 bridgehead atoms. The summed E-state index contributed by atoms with van der Waals surface area (Å²) in [4.78, 5) is 11.8. The summed E-state index contributed by atoms with van der Waals surface area (Å²) in [5, 5.41) is 20.1. The van der Waals surface area contributed by atoms with Gasteiger partial charge >= 0.3 is 5.97 Å². The molecule has 3 rings (SSSR count). The molecule has 1 saturated heterocycles. The number of hydrogen-bond donors (Lipinski definition) is 2. The number of hydrogen-bond acceptors (Lipinski definition) is 3. The summed E-state index contributed by atoms with van der Waals surface area (Å²) in [6.07, 6.45) is 1.82. The normalized spacial score (nSPS) is 31.1. The average molecular weight is 276 g/mol. The van der Waals surface area contributed by atoms with Crippen molar-refractivity contribution in [3.05, 3.63) is 35.9 Å². The van der Waals surface area contributed by atoms with Crippen LogP contribution in [0.4, 0.5) is 0 Å². The first-order chi connectivity index (χ1) is 9.63. The van der Waals surface area contributed by atoms with Gasteiger partial charge in [-0.15, -0.1) is 0 Å². The number of rotatable bonds is 5. The SMILES string of the molecule is O=C(O)C1(CC(O)c2ccccc2)CCOC1C1CC1. The maximum atomic E-state index is 11.8. The van der Waals surface area contributed by atoms with Gasteiger partial charge in [0.25, 0.3) is 0 Å². The van der Waals surface area contributed by atoms with Gasteiger partial charge in [-0.1, -0.05) is 30.3 Å². The molecule has 108 valence electrons. The van der Waals surface area contributed by atoms with Gasteiger partial charge < -0.3 is 14.9 Å². The first-order valence-electron chi connectivity index (χ1n) is 7.21. The van der Waals surface area contributed by atoms with E-state index in [1.54, 1.807) is 0 Å². The molecule has 20 heavy (non-hydrogen) atoms. The third kappa shape index (κ3) is 2.34. The van der Waals surface area contributed by atoms with E-state index in [1.807, 2.05) is 30.3 Å². The second kappa shape index (κ2) is 5.19. The van der Waals surface area contributed by atoms with E-state index >= 15 is 0 Å². The standard InChI is InChI=1S/C16H20O4/c17-13(11-4-2-1-3-5-11)10-16(15(18)19)8-9-20-14(16)12-6-7-12/h1-5,12-14,17H,6-10H2,(H,18,19). The number of carboxylic acids is 1. The topological polar surface area (TPSA) is 66.8 Å². The number of benzene rings is 1. The lowest BCUT2D eigenvalue weighted by Gasteiger charge is -2.32. The Balaban J connectivity index is 1.82. The first kappa shape index (κ1) is 13.6. The van der Waals surface area contributed by atoms with Crippen LogP contribution in [0.25, 0.3) is 0 Å². The van der Waals surface area contributed by atoms with Gasteiger partial charge in [-0.25, -0.2) is 0 Å². The maximum Gasteiger partial charge on any atom is 0.312 e. The summed E-state index contributed by atoms with van der Waals surface area (Å²) < 4.78 is 5.70. The van der Waals surface area contributed by atoms with Crippen molar-refractivity contribution in [2.75, 3.05) is 6.61 Å². The van der Waals surface area contributed by atoms with E-state index in [2.05, 4.69) is 0 Å². The molecule has 1 heterocycles. The molecule has 1 aromatic carbocycles. The van der Waals surface area contributed by atoms with Crippen LogP contribution >= 0.6 is 0 Å². The van der Waals surface area contributed by atoms with Crippen LogP contribution < -0.4 is 0 Å². The summed E-state index contributed by atoms with van der Waals surface area (Å²) in [5.74, 6) is -0.474. The minimum Gasteiger partial charge on any atom is -0.481 e. The quantitative estimate of drug-likeness (QED) is 0.866. The summed E-state index contributed by atoms with van der Waals surface area (Å²) in [5.41, 5.74) is -0.161. The van der Waals surface area contributed by atoms with Gasteiger partial charge in [0.1, 0.15) is 0 Å². The zero-order valence-electron chi connectivity index (χ0n) is 11.4. The summed E-state index contributed by atoms with van der Waals surface area (Å²) in [7, 11) is 0. The predicted molar refractivity (Wildman–Crippen MR) is 73.2 cm³/mol. The zero-order valence-corrected chi connectivity index (χ0v) is 11.4. The molecular formula is C16H20O4. The molecular weight excluding hydrogens is 256 g/mol. The molecule has 0 radical (unpaired) electrons. The van der Waals surface area contributed by atoms with Crippen LogP contribution in [0, 0.1) is 11.3 Å². The van der Waals surface area contributed by atoms with E-state index in [0.717, 1.165) is 18.4 Å². The molecule has 1 saturated carbocycles. The Morgan fingerprint density at radius 1 is 1.35 bits per heavy atom. The Hall–Kier alpha value is -1.39. The molecule has 3 unspecified atom stereocenters. The number of aliphatic hydroxyl groups excluding tert-OH is 1. The fourth-order valence-electron chi connectivity index (χ4n) is 3.33. The van der Waals surface area contributed by atoms with Gasteiger partial charge in [-0.3, -0.25) is 4.79 Å². The molecule has 1 aromatic rings. The van der Waals surface area contributed by atoms with Crippen LogP contribution in [0.1, 0.15) is 37.4 Å². The Labute approximate surface area is 118 Å². The Morgan fingerprint density at radius 2 is 2.05 bits per heavy atom. The lowest BCUT2D eigenvalue weighted by Crippen LogP contribution is -2.41. The second-order valence-electron chi connectivity index (χ2n) is 5.97. The zero-order chi connectivity index (χ0) is 14.2. The van der Waals surface area contributed by atoms with Crippen LogP contribution in [-0.4, -0.2) is 28.9 Å². The minimum absolute atomic E-state index is 0.230. The summed E-state index contributed by atoms with van der Waals surface area (Å²) in [6.45, 7) is 0.481. The van der Waals surface area contributed by atoms with Crippen molar-refractivity contribution in [3.63, 3.8) is 0 Å². The highest BCUT2D eigenvalue weighted by molar-refractivity contribution is 5.76. The van der Waals surface area contributed by atoms with Crippen molar-refractivity contribution in [1.29, 1.82) is 0 Å². The van der Waals surface area contributed by atoms with Crippen LogP contribution in [0.2, 0.25) is 0 Å². The minimum atomic E-state index is -0.934. The van der Waals surface area contributed by atoms with Crippen molar-refractivity contribution < 1.29 is 19.7 Å². The fourth-order valence-corrected chi connectivity index (χ4v) is 3.33. The average Bonchev–Trinajstić information content (AvgIpc) is 3.21. The second-order valence-corrected chi connectivity index (χ2v) is 5.97. The van der Waals surface area contributed by atoms with Crippen molar-refractivity contribution >= 4 is 5.97 Å². The Bertz CT molecular complexity index is 483. The number of ether oxygens (including phenoxy) is 1. The van der Waals surface area contributed by atoms with Gasteiger partial charge in [-0.2, -0.15) is 0 Å². The molecule has 0 spiro atoms. The predicted octanol–water partition coefficient (Wildman–Crippen LogP) is 2.38. The molecule has 1 aliphatic heterocycles. The molecule has 4 nitrogen and oxygen atoms in total. The van der Waals surface area contributed by atoms with E-state index in [9.17, 15) is 15.0 Å². The van der Waals surface area contributed by atoms with E-state index < -0.39 is 17.5 Å². The molecule has 2 fully saturated rings. The van der Waals surface area contributed by atoms with Gasteiger partial charge in [-0.05, 0) is 37.2 Å². The van der Waals surface area contributed by atoms with Crippen LogP contribution in [-0.2, 0) is 9.53 Å². The Morgan fingerprint density at radius 3 is 2.65 bits per heavy atom. The number of carbonyl (C=O) groups is 1. The molecule has 3 atom stereocenters. The van der Waals surface area contributed by atoms with Crippen molar-refractivity contribution in [1.82, 2.24) is 0 Å². The lowest BCUT2D eigenvalue weighted by molar-refractivity contribution is -0.156. The van der Waals surface area contributed by atoms with E-state index in [1.165, 1.54) is 0 Å². The molecule has 2 aliphatic rings. The summed E-state index contributed by atoms with van der Waals surface area (Å²) in [6, 6.07) is 9.27. The largest absolute Gasteiger partial charge is 0.481 e. The molecule has 4 heteroatoms.